The van der Waals surface area contributed by atoms with Crippen molar-refractivity contribution in [2.45, 2.75) is 0 Å². The molecule has 0 saturated heterocycles. The van der Waals surface area contributed by atoms with Crippen molar-refractivity contribution >= 4 is 28.4 Å². The lowest BCUT2D eigenvalue weighted by Crippen LogP contribution is -2.16. The van der Waals surface area contributed by atoms with Gasteiger partial charge in [-0.3, -0.25) is 14.9 Å². The second-order valence-electron chi connectivity index (χ2n) is 3.90. The van der Waals surface area contributed by atoms with Gasteiger partial charge in [0.15, 0.2) is 0 Å². The van der Waals surface area contributed by atoms with Crippen molar-refractivity contribution in [2.75, 3.05) is 0 Å². The van der Waals surface area contributed by atoms with Gasteiger partial charge in [-0.1, -0.05) is 17.4 Å². The quantitative estimate of drug-likeness (QED) is 0.650. The normalized spacial score (nSPS) is 20.3. The molecule has 1 aliphatic carbocycles. The predicted octanol–water partition coefficient (Wildman–Crippen LogP) is 2.15. The minimum Gasteiger partial charge on any atom is -0.481 e. The van der Waals surface area contributed by atoms with Gasteiger partial charge in [-0.15, -0.1) is 0 Å². The molecule has 1 unspecified atom stereocenters. The van der Waals surface area contributed by atoms with E-state index in [-0.39, 0.29) is 5.00 Å². The van der Waals surface area contributed by atoms with E-state index >= 15 is 0 Å². The second kappa shape index (κ2) is 5.07. The van der Waals surface area contributed by atoms with Gasteiger partial charge in [0.25, 0.3) is 0 Å². The lowest BCUT2D eigenvalue weighted by atomic mass is 9.93. The van der Waals surface area contributed by atoms with Gasteiger partial charge < -0.3 is 10.8 Å². The van der Waals surface area contributed by atoms with E-state index in [9.17, 15) is 14.9 Å². The Labute approximate surface area is 112 Å². The summed E-state index contributed by atoms with van der Waals surface area (Å²) < 4.78 is 0. The molecule has 1 heterocycles. The van der Waals surface area contributed by atoms with Crippen LogP contribution in [0.5, 0.6) is 0 Å². The number of hydrogen-bond donors (Lipinski definition) is 2. The van der Waals surface area contributed by atoms with Crippen LogP contribution in [0, 0.1) is 16.0 Å². The van der Waals surface area contributed by atoms with Gasteiger partial charge >= 0.3 is 11.0 Å². The zero-order chi connectivity index (χ0) is 14.0. The fraction of sp³-hybridized carbons (Fsp3) is 0.0833. The minimum absolute atomic E-state index is 0.0158. The molecule has 0 bridgehead atoms. The van der Waals surface area contributed by atoms with Gasteiger partial charge in [-0.2, -0.15) is 0 Å². The molecule has 0 amide bonds. The first-order valence-corrected chi connectivity index (χ1v) is 6.13. The molecule has 6 nitrogen and oxygen atoms in total. The number of carboxylic acids is 1. The maximum atomic E-state index is 11.1. The van der Waals surface area contributed by atoms with Gasteiger partial charge in [0.1, 0.15) is 5.92 Å². The van der Waals surface area contributed by atoms with Crippen molar-refractivity contribution < 1.29 is 14.8 Å². The number of nitrogens with zero attached hydrogens (tertiary/aromatic N) is 1. The SMILES string of the molecule is NC1=CC(=Cc2ccc([N+](=O)[O-])s2)C(C(=O)O)C=C1. The summed E-state index contributed by atoms with van der Waals surface area (Å²) >= 11 is 0.987. The highest BCUT2D eigenvalue weighted by Crippen LogP contribution is 2.29. The Morgan fingerprint density at radius 2 is 2.26 bits per heavy atom. The molecule has 1 aliphatic rings. The van der Waals surface area contributed by atoms with E-state index in [1.54, 1.807) is 18.2 Å². The zero-order valence-corrected chi connectivity index (χ0v) is 10.5. The fourth-order valence-electron chi connectivity index (χ4n) is 1.69. The van der Waals surface area contributed by atoms with Crippen molar-refractivity contribution in [3.63, 3.8) is 0 Å². The summed E-state index contributed by atoms with van der Waals surface area (Å²) in [7, 11) is 0. The van der Waals surface area contributed by atoms with E-state index in [0.29, 0.717) is 16.1 Å². The van der Waals surface area contributed by atoms with Gasteiger partial charge in [0, 0.05) is 16.6 Å². The maximum absolute atomic E-state index is 11.1. The van der Waals surface area contributed by atoms with Crippen molar-refractivity contribution in [1.29, 1.82) is 0 Å². The van der Waals surface area contributed by atoms with Gasteiger partial charge in [0.2, 0.25) is 0 Å². The molecule has 19 heavy (non-hydrogen) atoms. The predicted molar refractivity (Wildman–Crippen MR) is 71.5 cm³/mol. The average molecular weight is 278 g/mol. The molecule has 0 spiro atoms. The first-order valence-electron chi connectivity index (χ1n) is 5.31. The number of thiophene rings is 1. The highest BCUT2D eigenvalue weighted by molar-refractivity contribution is 7.16. The standard InChI is InChI=1S/C12H10N2O4S/c13-8-1-3-10(12(15)16)7(5-8)6-9-2-4-11(19-9)14(17)18/h1-6,10H,13H2,(H,15,16). The van der Waals surface area contributed by atoms with Crippen molar-refractivity contribution in [2.24, 2.45) is 11.7 Å². The van der Waals surface area contributed by atoms with E-state index in [0.717, 1.165) is 11.3 Å². The lowest BCUT2D eigenvalue weighted by molar-refractivity contribution is -0.380. The first-order chi connectivity index (χ1) is 8.97. The van der Waals surface area contributed by atoms with E-state index < -0.39 is 16.8 Å². The maximum Gasteiger partial charge on any atom is 0.324 e. The molecule has 98 valence electrons. The third-order valence-electron chi connectivity index (χ3n) is 2.54. The number of nitrogens with two attached hydrogens (primary N) is 1. The van der Waals surface area contributed by atoms with Crippen LogP contribution in [0.3, 0.4) is 0 Å². The molecule has 0 aromatic carbocycles. The Kier molecular flexibility index (Phi) is 3.48. The number of nitro groups is 1. The van der Waals surface area contributed by atoms with Crippen molar-refractivity contribution in [3.05, 3.63) is 56.6 Å². The van der Waals surface area contributed by atoms with Crippen LogP contribution in [0.15, 0.2) is 41.6 Å². The van der Waals surface area contributed by atoms with E-state index in [1.807, 2.05) is 0 Å². The summed E-state index contributed by atoms with van der Waals surface area (Å²) in [5, 5.41) is 19.7. The van der Waals surface area contributed by atoms with Crippen LogP contribution < -0.4 is 5.73 Å². The van der Waals surface area contributed by atoms with Crippen LogP contribution in [-0.2, 0) is 4.79 Å². The Morgan fingerprint density at radius 3 is 2.84 bits per heavy atom. The summed E-state index contributed by atoms with van der Waals surface area (Å²) in [5.74, 6) is -1.77. The minimum atomic E-state index is -0.989. The molecule has 0 aliphatic heterocycles. The van der Waals surface area contributed by atoms with Gasteiger partial charge in [-0.25, -0.2) is 0 Å². The molecule has 1 aromatic rings. The highest BCUT2D eigenvalue weighted by atomic mass is 32.1. The lowest BCUT2D eigenvalue weighted by Gasteiger charge is -2.13. The topological polar surface area (TPSA) is 106 Å². The van der Waals surface area contributed by atoms with Crippen LogP contribution in [0.2, 0.25) is 0 Å². The number of carbonyl (C=O) groups is 1. The van der Waals surface area contributed by atoms with Crippen LogP contribution in [0.25, 0.3) is 6.08 Å². The molecule has 2 rings (SSSR count). The molecule has 1 aromatic heterocycles. The van der Waals surface area contributed by atoms with E-state index in [4.69, 9.17) is 10.8 Å². The first kappa shape index (κ1) is 13.0. The third-order valence-corrected chi connectivity index (χ3v) is 3.53. The molecule has 0 fully saturated rings. The number of aliphatic carboxylic acids is 1. The van der Waals surface area contributed by atoms with Crippen LogP contribution in [0.4, 0.5) is 5.00 Å². The number of allylic oxidation sites excluding steroid dienone is 2. The zero-order valence-electron chi connectivity index (χ0n) is 9.65. The summed E-state index contributed by atoms with van der Waals surface area (Å²) in [6.07, 6.45) is 6.19. The molecule has 0 radical (unpaired) electrons. The molecule has 7 heteroatoms. The number of rotatable bonds is 3. The molecule has 3 N–H and O–H groups in total. The Morgan fingerprint density at radius 1 is 1.53 bits per heavy atom. The summed E-state index contributed by atoms with van der Waals surface area (Å²) in [6, 6.07) is 2.97. The molecule has 0 saturated carbocycles. The Balaban J connectivity index is 2.36. The number of hydrogen-bond acceptors (Lipinski definition) is 5. The van der Waals surface area contributed by atoms with E-state index in [1.165, 1.54) is 18.2 Å². The van der Waals surface area contributed by atoms with E-state index in [2.05, 4.69) is 0 Å². The Bertz CT molecular complexity index is 627. The van der Waals surface area contributed by atoms with Crippen molar-refractivity contribution in [3.8, 4) is 0 Å². The van der Waals surface area contributed by atoms with Crippen LogP contribution in [-0.4, -0.2) is 16.0 Å². The molecular weight excluding hydrogens is 268 g/mol. The van der Waals surface area contributed by atoms with Crippen molar-refractivity contribution in [1.82, 2.24) is 0 Å². The number of carboxylic acid groups (broad SMARTS) is 1. The average Bonchev–Trinajstić information content (AvgIpc) is 2.77. The van der Waals surface area contributed by atoms with Crippen LogP contribution >= 0.6 is 11.3 Å². The van der Waals surface area contributed by atoms with Crippen LogP contribution in [0.1, 0.15) is 4.88 Å². The smallest absolute Gasteiger partial charge is 0.324 e. The summed E-state index contributed by atoms with van der Waals surface area (Å²) in [4.78, 5) is 21.8. The molecule has 1 atom stereocenters. The fourth-order valence-corrected chi connectivity index (χ4v) is 2.47. The highest BCUT2D eigenvalue weighted by Gasteiger charge is 2.21. The summed E-state index contributed by atoms with van der Waals surface area (Å²) in [5.41, 5.74) is 6.59. The Hall–Kier alpha value is -2.41. The largest absolute Gasteiger partial charge is 0.481 e. The van der Waals surface area contributed by atoms with Gasteiger partial charge in [0.05, 0.1) is 4.92 Å². The third kappa shape index (κ3) is 2.89. The van der Waals surface area contributed by atoms with Gasteiger partial charge in [-0.05, 0) is 29.9 Å². The molecular formula is C12H10N2O4S. The summed E-state index contributed by atoms with van der Waals surface area (Å²) in [6.45, 7) is 0. The second-order valence-corrected chi connectivity index (χ2v) is 4.99. The monoisotopic (exact) mass is 278 g/mol.